The molecule has 5 rings (SSSR count). The lowest BCUT2D eigenvalue weighted by molar-refractivity contribution is -0.130. The first-order valence-corrected chi connectivity index (χ1v) is 11.4. The van der Waals surface area contributed by atoms with E-state index in [2.05, 4.69) is 42.4 Å². The minimum atomic E-state index is -0.311. The zero-order chi connectivity index (χ0) is 22.2. The molecule has 0 bridgehead atoms. The molecular weight excluding hydrogens is 472 g/mol. The monoisotopic (exact) mass is 494 g/mol. The van der Waals surface area contributed by atoms with Crippen LogP contribution in [0.3, 0.4) is 0 Å². The lowest BCUT2D eigenvalue weighted by Crippen LogP contribution is -2.44. The maximum absolute atomic E-state index is 12.8. The fraction of sp³-hybridized carbons (Fsp3) is 0.304. The van der Waals surface area contributed by atoms with Crippen molar-refractivity contribution < 1.29 is 9.59 Å². The molecule has 32 heavy (non-hydrogen) atoms. The summed E-state index contributed by atoms with van der Waals surface area (Å²) in [4.78, 5) is 28.7. The van der Waals surface area contributed by atoms with Gasteiger partial charge in [0.1, 0.15) is 12.5 Å². The summed E-state index contributed by atoms with van der Waals surface area (Å²) in [6.45, 7) is 1.29. The van der Waals surface area contributed by atoms with E-state index in [0.29, 0.717) is 31.9 Å². The summed E-state index contributed by atoms with van der Waals surface area (Å²) < 4.78 is 2.97. The molecule has 1 unspecified atom stereocenters. The van der Waals surface area contributed by atoms with E-state index in [1.807, 2.05) is 45.9 Å². The number of hydrogen-bond acceptors (Lipinski definition) is 5. The number of nitrogens with one attached hydrogen (secondary N) is 1. The summed E-state index contributed by atoms with van der Waals surface area (Å²) in [5, 5.41) is 11.2. The second kappa shape index (κ2) is 8.38. The first kappa shape index (κ1) is 20.7. The summed E-state index contributed by atoms with van der Waals surface area (Å²) in [6.07, 6.45) is 3.11. The fourth-order valence-corrected chi connectivity index (χ4v) is 4.91. The Morgan fingerprint density at radius 2 is 2.00 bits per heavy atom. The Morgan fingerprint density at radius 3 is 2.72 bits per heavy atom. The first-order valence-electron chi connectivity index (χ1n) is 10.6. The van der Waals surface area contributed by atoms with Gasteiger partial charge in [0, 0.05) is 24.5 Å². The third-order valence-electron chi connectivity index (χ3n) is 6.05. The minimum absolute atomic E-state index is 0.0321. The molecule has 1 fully saturated rings. The van der Waals surface area contributed by atoms with E-state index < -0.39 is 0 Å². The normalized spacial score (nSPS) is 16.0. The number of carbonyl (C=O) groups is 2. The van der Waals surface area contributed by atoms with Crippen LogP contribution in [0.4, 0.5) is 5.95 Å². The number of rotatable bonds is 5. The molecule has 2 aliphatic heterocycles. The van der Waals surface area contributed by atoms with Crippen molar-refractivity contribution in [3.63, 3.8) is 0 Å². The molecular formula is C23H23BrN6O2. The molecule has 1 atom stereocenters. The van der Waals surface area contributed by atoms with Crippen molar-refractivity contribution in [1.82, 2.24) is 25.0 Å². The van der Waals surface area contributed by atoms with Crippen LogP contribution in [0.15, 0.2) is 53.3 Å². The highest BCUT2D eigenvalue weighted by molar-refractivity contribution is 9.10. The predicted octanol–water partition coefficient (Wildman–Crippen LogP) is 2.96. The lowest BCUT2D eigenvalue weighted by atomic mass is 10.0. The molecule has 0 spiro atoms. The number of nitrogens with zero attached hydrogens (tertiary/aromatic N) is 5. The number of benzene rings is 2. The van der Waals surface area contributed by atoms with Crippen molar-refractivity contribution in [2.24, 2.45) is 0 Å². The highest BCUT2D eigenvalue weighted by atomic mass is 79.9. The van der Waals surface area contributed by atoms with E-state index in [9.17, 15) is 9.59 Å². The zero-order valence-corrected chi connectivity index (χ0v) is 19.2. The number of fused-ring (bicyclic) bond motifs is 3. The van der Waals surface area contributed by atoms with E-state index >= 15 is 0 Å². The van der Waals surface area contributed by atoms with E-state index in [4.69, 9.17) is 0 Å². The number of anilines is 1. The van der Waals surface area contributed by atoms with Crippen LogP contribution in [0.1, 0.15) is 35.7 Å². The molecule has 9 heteroatoms. The minimum Gasteiger partial charge on any atom is -0.359 e. The maximum atomic E-state index is 12.8. The Balaban J connectivity index is 1.56. The number of likely N-dealkylation sites (tertiary alicyclic amines) is 1. The van der Waals surface area contributed by atoms with Crippen molar-refractivity contribution in [2.75, 3.05) is 18.5 Å². The van der Waals surface area contributed by atoms with Gasteiger partial charge in [0.2, 0.25) is 17.8 Å². The molecule has 2 amide bonds. The van der Waals surface area contributed by atoms with E-state index in [1.54, 1.807) is 13.4 Å². The van der Waals surface area contributed by atoms with Crippen molar-refractivity contribution in [2.45, 2.75) is 32.0 Å². The van der Waals surface area contributed by atoms with Gasteiger partial charge in [0.15, 0.2) is 0 Å². The molecule has 164 valence electrons. The highest BCUT2D eigenvalue weighted by Crippen LogP contribution is 2.39. The average Bonchev–Trinajstić information content (AvgIpc) is 3.44. The van der Waals surface area contributed by atoms with Gasteiger partial charge in [-0.2, -0.15) is 0 Å². The second-order valence-corrected chi connectivity index (χ2v) is 8.97. The molecule has 3 heterocycles. The summed E-state index contributed by atoms with van der Waals surface area (Å²) in [5.41, 5.74) is 4.07. The average molecular weight is 495 g/mol. The smallest absolute Gasteiger partial charge is 0.233 e. The quantitative estimate of drug-likeness (QED) is 0.589. The Morgan fingerprint density at radius 1 is 1.19 bits per heavy atom. The van der Waals surface area contributed by atoms with Gasteiger partial charge >= 0.3 is 0 Å². The summed E-state index contributed by atoms with van der Waals surface area (Å²) in [6, 6.07) is 14.1. The largest absolute Gasteiger partial charge is 0.359 e. The van der Waals surface area contributed by atoms with E-state index in [-0.39, 0.29) is 18.0 Å². The van der Waals surface area contributed by atoms with Crippen LogP contribution in [0, 0.1) is 0 Å². The van der Waals surface area contributed by atoms with Gasteiger partial charge in [-0.25, -0.2) is 0 Å². The summed E-state index contributed by atoms with van der Waals surface area (Å²) in [5.74, 6) is 0.810. The highest BCUT2D eigenvalue weighted by Gasteiger charge is 2.37. The van der Waals surface area contributed by atoms with Gasteiger partial charge in [-0.1, -0.05) is 40.2 Å². The van der Waals surface area contributed by atoms with Gasteiger partial charge in [-0.15, -0.1) is 10.2 Å². The molecule has 0 aliphatic carbocycles. The topological polar surface area (TPSA) is 83.4 Å². The Bertz CT molecular complexity index is 1180. The van der Waals surface area contributed by atoms with Crippen LogP contribution in [-0.4, -0.2) is 45.1 Å². The number of likely N-dealkylation sites (N-methyl/N-ethyl adjacent to an activating group) is 1. The van der Waals surface area contributed by atoms with Gasteiger partial charge in [0.25, 0.3) is 0 Å². The lowest BCUT2D eigenvalue weighted by Gasteiger charge is -2.41. The third kappa shape index (κ3) is 3.66. The molecule has 0 radical (unpaired) electrons. The summed E-state index contributed by atoms with van der Waals surface area (Å²) in [7, 11) is 1.63. The molecule has 0 saturated carbocycles. The van der Waals surface area contributed by atoms with Gasteiger partial charge in [-0.05, 0) is 41.3 Å². The number of hydrogen-bond donors (Lipinski definition) is 1. The predicted molar refractivity (Wildman–Crippen MR) is 123 cm³/mol. The van der Waals surface area contributed by atoms with Crippen molar-refractivity contribution in [3.8, 4) is 5.69 Å². The second-order valence-electron chi connectivity index (χ2n) is 8.06. The van der Waals surface area contributed by atoms with Crippen LogP contribution < -0.4 is 10.2 Å². The van der Waals surface area contributed by atoms with Crippen LogP contribution in [-0.2, 0) is 22.6 Å². The molecule has 1 aromatic heterocycles. The number of amides is 2. The standard InChI is InChI=1S/C23H23BrN6O2/c1-25-20(31)11-15-4-6-16(7-5-15)22(28-10-2-3-21(28)32)29-13-17-12-18(24)8-9-19(17)30-14-26-27-23(29)30/h4-9,12,14,22H,2-3,10-11,13H2,1H3,(H,25,31). The molecule has 2 aliphatic rings. The van der Waals surface area contributed by atoms with Crippen LogP contribution >= 0.6 is 15.9 Å². The molecule has 2 aromatic carbocycles. The van der Waals surface area contributed by atoms with Gasteiger partial charge < -0.3 is 15.1 Å². The number of halogens is 1. The first-order chi connectivity index (χ1) is 15.5. The molecule has 3 aromatic rings. The maximum Gasteiger partial charge on any atom is 0.233 e. The Kier molecular flexibility index (Phi) is 5.42. The van der Waals surface area contributed by atoms with Crippen molar-refractivity contribution >= 4 is 33.7 Å². The fourth-order valence-electron chi connectivity index (χ4n) is 4.50. The van der Waals surface area contributed by atoms with Gasteiger partial charge in [-0.3, -0.25) is 14.2 Å². The molecule has 8 nitrogen and oxygen atoms in total. The van der Waals surface area contributed by atoms with E-state index in [0.717, 1.165) is 33.3 Å². The number of aromatic nitrogens is 3. The molecule has 1 saturated heterocycles. The Hall–Kier alpha value is -3.20. The van der Waals surface area contributed by atoms with E-state index in [1.165, 1.54) is 0 Å². The molecule has 1 N–H and O–H groups in total. The van der Waals surface area contributed by atoms with Crippen molar-refractivity contribution in [3.05, 3.63) is 70.0 Å². The zero-order valence-electron chi connectivity index (χ0n) is 17.7. The Labute approximate surface area is 194 Å². The third-order valence-corrected chi connectivity index (χ3v) is 6.54. The van der Waals surface area contributed by atoms with Gasteiger partial charge in [0.05, 0.1) is 18.7 Å². The van der Waals surface area contributed by atoms with Crippen LogP contribution in [0.5, 0.6) is 0 Å². The number of carbonyl (C=O) groups excluding carboxylic acids is 2. The van der Waals surface area contributed by atoms with Crippen LogP contribution in [0.25, 0.3) is 5.69 Å². The SMILES string of the molecule is CNC(=O)Cc1ccc(C(N2CCCC2=O)N2Cc3cc(Br)ccc3-n3cnnc32)cc1. The van der Waals surface area contributed by atoms with Crippen LogP contribution in [0.2, 0.25) is 0 Å². The summed E-state index contributed by atoms with van der Waals surface area (Å²) >= 11 is 3.58. The van der Waals surface area contributed by atoms with Crippen molar-refractivity contribution in [1.29, 1.82) is 0 Å².